The van der Waals surface area contributed by atoms with Crippen molar-refractivity contribution >= 4 is 40.4 Å². The van der Waals surface area contributed by atoms with Gasteiger partial charge in [0.15, 0.2) is 5.69 Å². The van der Waals surface area contributed by atoms with Crippen LogP contribution >= 0.6 is 34.5 Å². The molecule has 4 rings (SSSR count). The lowest BCUT2D eigenvalue weighted by molar-refractivity contribution is 0.0952. The second kappa shape index (κ2) is 8.09. The zero-order valence-electron chi connectivity index (χ0n) is 14.2. The Hall–Kier alpha value is -2.75. The Morgan fingerprint density at radius 3 is 2.96 bits per heavy atom. The summed E-state index contributed by atoms with van der Waals surface area (Å²) in [5, 5.41) is 17.2. The van der Waals surface area contributed by atoms with Gasteiger partial charge in [0.25, 0.3) is 11.8 Å². The number of nitrogens with one attached hydrogen (secondary N) is 1. The molecule has 1 amide bonds. The van der Waals surface area contributed by atoms with Gasteiger partial charge in [0, 0.05) is 6.54 Å². The number of rotatable bonds is 6. The lowest BCUT2D eigenvalue weighted by Gasteiger charge is -2.07. The molecule has 0 fully saturated rings. The van der Waals surface area contributed by atoms with Gasteiger partial charge < -0.3 is 9.84 Å². The third-order valence-corrected chi connectivity index (χ3v) is 5.43. The van der Waals surface area contributed by atoms with Crippen LogP contribution in [0, 0.1) is 0 Å². The molecule has 0 spiro atoms. The summed E-state index contributed by atoms with van der Waals surface area (Å²) in [5.41, 5.74) is 0.778. The van der Waals surface area contributed by atoms with Crippen molar-refractivity contribution < 1.29 is 9.32 Å². The third kappa shape index (κ3) is 3.91. The van der Waals surface area contributed by atoms with Crippen molar-refractivity contribution in [3.05, 3.63) is 57.5 Å². The second-order valence-electron chi connectivity index (χ2n) is 5.62. The smallest absolute Gasteiger partial charge is 0.280 e. The quantitative estimate of drug-likeness (QED) is 0.495. The van der Waals surface area contributed by atoms with E-state index in [4.69, 9.17) is 27.7 Å². The van der Waals surface area contributed by atoms with Gasteiger partial charge >= 0.3 is 0 Å². The van der Waals surface area contributed by atoms with Crippen LogP contribution in [0.5, 0.6) is 0 Å². The molecule has 3 aromatic heterocycles. The van der Waals surface area contributed by atoms with E-state index < -0.39 is 0 Å². The highest BCUT2D eigenvalue weighted by Crippen LogP contribution is 2.25. The second-order valence-corrected chi connectivity index (χ2v) is 7.36. The maximum absolute atomic E-state index is 12.2. The van der Waals surface area contributed by atoms with E-state index in [2.05, 4.69) is 25.8 Å². The average Bonchev–Trinajstić information content (AvgIpc) is 3.44. The summed E-state index contributed by atoms with van der Waals surface area (Å²) in [6, 6.07) is 8.72. The fraction of sp³-hybridized carbons (Fsp3) is 0.118. The van der Waals surface area contributed by atoms with Crippen molar-refractivity contribution in [3.63, 3.8) is 0 Å². The largest absolute Gasteiger partial charge is 0.350 e. The molecule has 1 aromatic carbocycles. The van der Waals surface area contributed by atoms with Crippen LogP contribution in [0.3, 0.4) is 0 Å². The summed E-state index contributed by atoms with van der Waals surface area (Å²) in [4.78, 5) is 17.4. The lowest BCUT2D eigenvalue weighted by Crippen LogP contribution is -2.27. The van der Waals surface area contributed by atoms with Crippen LogP contribution in [0.1, 0.15) is 10.4 Å². The number of benzene rings is 1. The first-order chi connectivity index (χ1) is 13.6. The Balaban J connectivity index is 1.36. The van der Waals surface area contributed by atoms with Gasteiger partial charge in [0.05, 0.1) is 33.2 Å². The minimum absolute atomic E-state index is 0.225. The Kier molecular flexibility index (Phi) is 5.38. The van der Waals surface area contributed by atoms with Gasteiger partial charge in [-0.3, -0.25) is 4.79 Å². The molecule has 0 saturated heterocycles. The van der Waals surface area contributed by atoms with Crippen LogP contribution in [-0.4, -0.2) is 37.6 Å². The third-order valence-electron chi connectivity index (χ3n) is 3.75. The van der Waals surface area contributed by atoms with E-state index in [1.165, 1.54) is 11.3 Å². The lowest BCUT2D eigenvalue weighted by atomic mass is 10.2. The summed E-state index contributed by atoms with van der Waals surface area (Å²) >= 11 is 13.5. The first-order valence-electron chi connectivity index (χ1n) is 8.12. The highest BCUT2D eigenvalue weighted by molar-refractivity contribution is 7.13. The van der Waals surface area contributed by atoms with Gasteiger partial charge in [-0.2, -0.15) is 4.98 Å². The minimum atomic E-state index is -0.315. The molecule has 11 heteroatoms. The molecule has 0 aliphatic heterocycles. The van der Waals surface area contributed by atoms with Crippen LogP contribution in [0.25, 0.3) is 22.3 Å². The van der Waals surface area contributed by atoms with Gasteiger partial charge in [-0.15, -0.1) is 16.4 Å². The first-order valence-corrected chi connectivity index (χ1v) is 9.75. The molecule has 28 heavy (non-hydrogen) atoms. The van der Waals surface area contributed by atoms with Gasteiger partial charge in [-0.05, 0) is 23.6 Å². The van der Waals surface area contributed by atoms with E-state index in [1.54, 1.807) is 29.1 Å². The SMILES string of the molecule is O=C(NCCn1cc(-c2nc(-c3cccs3)no2)nn1)c1cccc(Cl)c1Cl. The van der Waals surface area contributed by atoms with Crippen LogP contribution < -0.4 is 5.32 Å². The van der Waals surface area contributed by atoms with Crippen LogP contribution in [0.4, 0.5) is 0 Å². The highest BCUT2D eigenvalue weighted by Gasteiger charge is 2.15. The van der Waals surface area contributed by atoms with Gasteiger partial charge in [0.2, 0.25) is 5.82 Å². The molecule has 0 aliphatic rings. The van der Waals surface area contributed by atoms with Crippen LogP contribution in [0.15, 0.2) is 46.4 Å². The van der Waals surface area contributed by atoms with Gasteiger partial charge in [0.1, 0.15) is 0 Å². The number of amides is 1. The maximum Gasteiger partial charge on any atom is 0.280 e. The normalized spacial score (nSPS) is 10.9. The van der Waals surface area contributed by atoms with E-state index in [0.717, 1.165) is 4.88 Å². The molecule has 0 aliphatic carbocycles. The standard InChI is InChI=1S/C17H12Cl2N6O2S/c18-11-4-1-3-10(14(11)19)16(26)20-6-7-25-9-12(22-24-25)17-21-15(23-27-17)13-5-2-8-28-13/h1-5,8-9H,6-7H2,(H,20,26). The molecule has 1 N–H and O–H groups in total. The molecule has 142 valence electrons. The van der Waals surface area contributed by atoms with Crippen molar-refractivity contribution in [1.82, 2.24) is 30.5 Å². The molecule has 0 bridgehead atoms. The number of hydrogen-bond donors (Lipinski definition) is 1. The molecule has 3 heterocycles. The van der Waals surface area contributed by atoms with Crippen molar-refractivity contribution in [3.8, 4) is 22.3 Å². The fourth-order valence-electron chi connectivity index (χ4n) is 2.40. The predicted molar refractivity (Wildman–Crippen MR) is 105 cm³/mol. The first kappa shape index (κ1) is 18.6. The summed E-state index contributed by atoms with van der Waals surface area (Å²) in [5.74, 6) is 0.472. The van der Waals surface area contributed by atoms with Crippen molar-refractivity contribution in [2.75, 3.05) is 6.54 Å². The van der Waals surface area contributed by atoms with E-state index in [0.29, 0.717) is 35.2 Å². The summed E-state index contributed by atoms with van der Waals surface area (Å²) < 4.78 is 6.82. The molecule has 4 aromatic rings. The number of carbonyl (C=O) groups excluding carboxylic acids is 1. The zero-order chi connectivity index (χ0) is 19.5. The van der Waals surface area contributed by atoms with Crippen molar-refractivity contribution in [2.24, 2.45) is 0 Å². The number of hydrogen-bond acceptors (Lipinski definition) is 7. The number of thiophene rings is 1. The van der Waals surface area contributed by atoms with E-state index >= 15 is 0 Å². The predicted octanol–water partition coefficient (Wildman–Crippen LogP) is 3.79. The Labute approximate surface area is 173 Å². The van der Waals surface area contributed by atoms with Crippen molar-refractivity contribution in [2.45, 2.75) is 6.54 Å². The molecule has 0 radical (unpaired) electrons. The monoisotopic (exact) mass is 434 g/mol. The van der Waals surface area contributed by atoms with Gasteiger partial charge in [-0.25, -0.2) is 4.68 Å². The Morgan fingerprint density at radius 2 is 2.14 bits per heavy atom. The van der Waals surface area contributed by atoms with E-state index in [9.17, 15) is 4.79 Å². The maximum atomic E-state index is 12.2. The topological polar surface area (TPSA) is 98.7 Å². The van der Waals surface area contributed by atoms with E-state index in [1.807, 2.05) is 17.5 Å². The highest BCUT2D eigenvalue weighted by atomic mass is 35.5. The zero-order valence-corrected chi connectivity index (χ0v) is 16.5. The summed E-state index contributed by atoms with van der Waals surface area (Å²) in [6.07, 6.45) is 1.67. The Morgan fingerprint density at radius 1 is 1.25 bits per heavy atom. The average molecular weight is 435 g/mol. The van der Waals surface area contributed by atoms with Crippen LogP contribution in [-0.2, 0) is 6.54 Å². The summed E-state index contributed by atoms with van der Waals surface area (Å²) in [7, 11) is 0. The molecule has 0 atom stereocenters. The van der Waals surface area contributed by atoms with E-state index in [-0.39, 0.29) is 16.8 Å². The number of aromatic nitrogens is 5. The van der Waals surface area contributed by atoms with Gasteiger partial charge in [-0.1, -0.05) is 45.7 Å². The fourth-order valence-corrected chi connectivity index (χ4v) is 3.43. The molecular formula is C17H12Cl2N6O2S. The molecule has 8 nitrogen and oxygen atoms in total. The molecular weight excluding hydrogens is 423 g/mol. The molecule has 0 saturated carbocycles. The van der Waals surface area contributed by atoms with Crippen LogP contribution in [0.2, 0.25) is 10.0 Å². The molecule has 0 unspecified atom stereocenters. The minimum Gasteiger partial charge on any atom is -0.350 e. The number of carbonyl (C=O) groups is 1. The summed E-state index contributed by atoms with van der Waals surface area (Å²) in [6.45, 7) is 0.734. The Bertz CT molecular complexity index is 1110. The number of nitrogens with zero attached hydrogens (tertiary/aromatic N) is 5. The van der Waals surface area contributed by atoms with Crippen molar-refractivity contribution in [1.29, 1.82) is 0 Å². The number of halogens is 2.